The zero-order chi connectivity index (χ0) is 41.6. The van der Waals surface area contributed by atoms with Gasteiger partial charge in [-0.2, -0.15) is 0 Å². The Morgan fingerprint density at radius 2 is 1.39 bits per heavy atom. The fourth-order valence-electron chi connectivity index (χ4n) is 7.65. The van der Waals surface area contributed by atoms with Crippen LogP contribution in [-0.2, 0) is 77.8 Å². The van der Waals surface area contributed by atoms with Gasteiger partial charge in [0.05, 0.1) is 31.2 Å². The summed E-state index contributed by atoms with van der Waals surface area (Å²) >= 11 is 0. The molecule has 0 spiro atoms. The molecule has 16 heteroatoms. The Labute approximate surface area is 333 Å². The molecule has 4 rings (SSSR count). The van der Waals surface area contributed by atoms with Gasteiger partial charge in [-0.1, -0.05) is 25.5 Å². The third-order valence-electron chi connectivity index (χ3n) is 10.1. The maximum absolute atomic E-state index is 13.1. The van der Waals surface area contributed by atoms with Crippen LogP contribution in [0.4, 0.5) is 0 Å². The smallest absolute Gasteiger partial charge is 0.337 e. The number of methoxy groups -OCH3 is 1. The van der Waals surface area contributed by atoms with Crippen LogP contribution in [0.15, 0.2) is 36.1 Å². The van der Waals surface area contributed by atoms with E-state index in [-0.39, 0.29) is 18.2 Å². The van der Waals surface area contributed by atoms with Gasteiger partial charge in [-0.05, 0) is 69.1 Å². The zero-order valence-corrected chi connectivity index (χ0v) is 33.8. The Balaban J connectivity index is 1.49. The first kappa shape index (κ1) is 45.2. The van der Waals surface area contributed by atoms with Crippen molar-refractivity contribution in [3.8, 4) is 5.75 Å². The van der Waals surface area contributed by atoms with Gasteiger partial charge in [0.2, 0.25) is 12.6 Å². The van der Waals surface area contributed by atoms with Crippen molar-refractivity contribution in [1.82, 2.24) is 0 Å². The molecular weight excluding hydrogens is 748 g/mol. The van der Waals surface area contributed by atoms with Crippen molar-refractivity contribution in [2.75, 3.05) is 13.7 Å². The molecular formula is C41H56O16. The van der Waals surface area contributed by atoms with E-state index in [2.05, 4.69) is 0 Å². The molecule has 3 aliphatic rings. The quantitative estimate of drug-likeness (QED) is 0.0900. The summed E-state index contributed by atoms with van der Waals surface area (Å²) in [5.74, 6) is -4.24. The molecule has 16 nitrogen and oxygen atoms in total. The number of rotatable bonds is 17. The van der Waals surface area contributed by atoms with Crippen LogP contribution in [-0.4, -0.2) is 98.7 Å². The molecule has 1 aromatic carbocycles. The molecule has 316 valence electrons. The molecule has 3 aliphatic heterocycles. The van der Waals surface area contributed by atoms with Crippen molar-refractivity contribution in [2.45, 2.75) is 149 Å². The van der Waals surface area contributed by atoms with Crippen LogP contribution in [0.2, 0.25) is 0 Å². The highest BCUT2D eigenvalue weighted by atomic mass is 16.8. The lowest BCUT2D eigenvalue weighted by Crippen LogP contribution is -2.63. The number of benzene rings is 1. The maximum Gasteiger partial charge on any atom is 0.337 e. The molecule has 10 atom stereocenters. The number of carbonyl (C=O) groups is 6. The van der Waals surface area contributed by atoms with E-state index >= 15 is 0 Å². The average Bonchev–Trinajstić information content (AvgIpc) is 3.15. The van der Waals surface area contributed by atoms with Gasteiger partial charge < -0.3 is 47.4 Å². The maximum atomic E-state index is 13.1. The van der Waals surface area contributed by atoms with Crippen molar-refractivity contribution < 1.29 is 76.1 Å². The standard InChI is InChI=1S/C41H56O16/c1-8-32-33(20-31-15-11-14-29(55-31)13-10-9-12-28-16-18-30(19-17-28)51-24(3)43)34(39(47)48-7)21-50-40(32)57-41-38(54-27(6)46)37(53-26(5)45)36(52-25(4)44)35(56-41)22-49-23(2)42/h16-19,21,29,31-33,35-38,40-41H,8-15,20,22H2,1-7H3/t29-,31+,32+,33-,35+,36+,37-,38+,40-,41-/m0/s1. The van der Waals surface area contributed by atoms with Crippen molar-refractivity contribution in [3.63, 3.8) is 0 Å². The molecule has 0 N–H and O–H groups in total. The molecule has 0 bridgehead atoms. The van der Waals surface area contributed by atoms with Gasteiger partial charge in [0.15, 0.2) is 18.3 Å². The molecule has 2 saturated heterocycles. The van der Waals surface area contributed by atoms with Crippen LogP contribution < -0.4 is 4.74 Å². The first-order valence-corrected chi connectivity index (χ1v) is 19.5. The van der Waals surface area contributed by atoms with Crippen LogP contribution in [0, 0.1) is 11.8 Å². The van der Waals surface area contributed by atoms with Gasteiger partial charge in [-0.3, -0.25) is 24.0 Å². The van der Waals surface area contributed by atoms with Crippen molar-refractivity contribution in [1.29, 1.82) is 0 Å². The minimum absolute atomic E-state index is 0.0465. The highest BCUT2D eigenvalue weighted by Crippen LogP contribution is 2.41. The molecule has 0 aliphatic carbocycles. The molecule has 0 aromatic heterocycles. The number of esters is 6. The first-order chi connectivity index (χ1) is 27.2. The second-order valence-corrected chi connectivity index (χ2v) is 14.5. The van der Waals surface area contributed by atoms with Crippen molar-refractivity contribution >= 4 is 35.8 Å². The van der Waals surface area contributed by atoms with E-state index in [4.69, 9.17) is 47.4 Å². The lowest BCUT2D eigenvalue weighted by Gasteiger charge is -2.46. The van der Waals surface area contributed by atoms with Crippen LogP contribution in [0.25, 0.3) is 0 Å². The number of hydrogen-bond acceptors (Lipinski definition) is 16. The molecule has 0 saturated carbocycles. The topological polar surface area (TPSA) is 195 Å². The summed E-state index contributed by atoms with van der Waals surface area (Å²) in [6.45, 7) is 7.47. The Kier molecular flexibility index (Phi) is 17.3. The van der Waals surface area contributed by atoms with E-state index < -0.39 is 85.3 Å². The number of unbranched alkanes of at least 4 members (excludes halogenated alkanes) is 1. The highest BCUT2D eigenvalue weighted by Gasteiger charge is 2.54. The van der Waals surface area contributed by atoms with Gasteiger partial charge in [0, 0.05) is 46.5 Å². The third-order valence-corrected chi connectivity index (χ3v) is 10.1. The van der Waals surface area contributed by atoms with Gasteiger partial charge in [0.25, 0.3) is 0 Å². The zero-order valence-electron chi connectivity index (χ0n) is 33.8. The molecule has 2 fully saturated rings. The molecule has 1 aromatic rings. The largest absolute Gasteiger partial charge is 0.472 e. The summed E-state index contributed by atoms with van der Waals surface area (Å²) < 4.78 is 57.3. The molecule has 3 heterocycles. The fraction of sp³-hybridized carbons (Fsp3) is 0.659. The Hall–Kier alpha value is -4.54. The fourth-order valence-corrected chi connectivity index (χ4v) is 7.65. The minimum atomic E-state index is -1.47. The first-order valence-electron chi connectivity index (χ1n) is 19.5. The predicted octanol–water partition coefficient (Wildman–Crippen LogP) is 4.81. The Morgan fingerprint density at radius 1 is 0.737 bits per heavy atom. The molecule has 57 heavy (non-hydrogen) atoms. The normalized spacial score (nSPS) is 28.4. The van der Waals surface area contributed by atoms with E-state index in [9.17, 15) is 28.8 Å². The van der Waals surface area contributed by atoms with E-state index in [1.807, 2.05) is 19.1 Å². The SMILES string of the molecule is CC[C@H]1[C@H](O[C@@H]2O[C@H](COC(C)=O)[C@@H](OC(C)=O)[C@H](OC(C)=O)[C@H]2OC(C)=O)OC=C(C(=O)OC)[C@H]1C[C@H]1CCC[C@H](CCCCc2ccc(OC(C)=O)cc2)O1. The van der Waals surface area contributed by atoms with Gasteiger partial charge in [-0.25, -0.2) is 4.79 Å². The van der Waals surface area contributed by atoms with Crippen LogP contribution in [0.5, 0.6) is 5.75 Å². The van der Waals surface area contributed by atoms with E-state index in [0.29, 0.717) is 24.2 Å². The summed E-state index contributed by atoms with van der Waals surface area (Å²) in [4.78, 5) is 73.0. The lowest BCUT2D eigenvalue weighted by atomic mass is 9.77. The summed E-state index contributed by atoms with van der Waals surface area (Å²) in [7, 11) is 1.29. The second kappa shape index (κ2) is 21.8. The number of carbonyl (C=O) groups excluding carboxylic acids is 6. The third kappa shape index (κ3) is 13.5. The molecule has 0 amide bonds. The van der Waals surface area contributed by atoms with Crippen molar-refractivity contribution in [2.24, 2.45) is 11.8 Å². The van der Waals surface area contributed by atoms with E-state index in [0.717, 1.165) is 71.3 Å². The number of hydrogen-bond donors (Lipinski definition) is 0. The Bertz CT molecular complexity index is 1570. The predicted molar refractivity (Wildman–Crippen MR) is 198 cm³/mol. The highest BCUT2D eigenvalue weighted by molar-refractivity contribution is 5.88. The molecule has 0 radical (unpaired) electrons. The van der Waals surface area contributed by atoms with Gasteiger partial charge in [-0.15, -0.1) is 0 Å². The number of ether oxygens (including phenoxy) is 10. The summed E-state index contributed by atoms with van der Waals surface area (Å²) in [6, 6.07) is 7.51. The monoisotopic (exact) mass is 804 g/mol. The average molecular weight is 805 g/mol. The van der Waals surface area contributed by atoms with Crippen LogP contribution in [0.1, 0.15) is 98.5 Å². The van der Waals surface area contributed by atoms with E-state index in [1.54, 1.807) is 12.1 Å². The minimum Gasteiger partial charge on any atom is -0.472 e. The van der Waals surface area contributed by atoms with Crippen LogP contribution in [0.3, 0.4) is 0 Å². The van der Waals surface area contributed by atoms with Gasteiger partial charge >= 0.3 is 35.8 Å². The lowest BCUT2D eigenvalue weighted by molar-refractivity contribution is -0.344. The van der Waals surface area contributed by atoms with Gasteiger partial charge in [0.1, 0.15) is 18.5 Å². The second-order valence-electron chi connectivity index (χ2n) is 14.5. The molecule has 0 unspecified atom stereocenters. The van der Waals surface area contributed by atoms with Crippen molar-refractivity contribution in [3.05, 3.63) is 41.7 Å². The van der Waals surface area contributed by atoms with E-state index in [1.165, 1.54) is 27.2 Å². The van der Waals surface area contributed by atoms with Crippen LogP contribution >= 0.6 is 0 Å². The number of aryl methyl sites for hydroxylation is 1. The summed E-state index contributed by atoms with van der Waals surface area (Å²) in [5, 5.41) is 0. The summed E-state index contributed by atoms with van der Waals surface area (Å²) in [5.41, 5.74) is 1.47. The Morgan fingerprint density at radius 3 is 2.00 bits per heavy atom. The summed E-state index contributed by atoms with van der Waals surface area (Å²) in [6.07, 6.45) is 0.480.